The molecule has 0 aromatic carbocycles. The molecule has 0 bridgehead atoms. The van der Waals surface area contributed by atoms with Crippen LogP contribution in [0.1, 0.15) is 25.7 Å². The van der Waals surface area contributed by atoms with Gasteiger partial charge in [-0.05, 0) is 19.3 Å². The molecule has 1 heterocycles. The molecule has 6 nitrogen and oxygen atoms in total. The van der Waals surface area contributed by atoms with E-state index in [-0.39, 0.29) is 30.3 Å². The first-order chi connectivity index (χ1) is 9.19. The van der Waals surface area contributed by atoms with Gasteiger partial charge in [0.15, 0.2) is 5.82 Å². The highest BCUT2D eigenvalue weighted by molar-refractivity contribution is 5.91. The Morgan fingerprint density at radius 1 is 1.60 bits per heavy atom. The average Bonchev–Trinajstić information content (AvgIpc) is 2.84. The van der Waals surface area contributed by atoms with E-state index < -0.39 is 0 Å². The Hall–Kier alpha value is -1.11. The Morgan fingerprint density at radius 3 is 3.10 bits per heavy atom. The Morgan fingerprint density at radius 2 is 2.40 bits per heavy atom. The summed E-state index contributed by atoms with van der Waals surface area (Å²) in [5, 5.41) is 7.14. The quantitative estimate of drug-likeness (QED) is 0.861. The lowest BCUT2D eigenvalue weighted by Gasteiger charge is -2.25. The summed E-state index contributed by atoms with van der Waals surface area (Å²) in [4.78, 5) is 12.1. The number of carbonyl (C=O) groups excluding carboxylic acids is 1. The zero-order valence-electron chi connectivity index (χ0n) is 11.7. The first-order valence-electron chi connectivity index (χ1n) is 6.78. The first-order valence-corrected chi connectivity index (χ1v) is 6.78. The molecule has 2 rings (SSSR count). The van der Waals surface area contributed by atoms with Gasteiger partial charge in [0.1, 0.15) is 0 Å². The summed E-state index contributed by atoms with van der Waals surface area (Å²) in [5.74, 6) is 0.653. The van der Waals surface area contributed by atoms with Crippen molar-refractivity contribution >= 4 is 24.1 Å². The molecule has 7 heteroatoms. The number of halogens is 1. The number of anilines is 1. The van der Waals surface area contributed by atoms with E-state index >= 15 is 0 Å². The second-order valence-corrected chi connectivity index (χ2v) is 5.07. The fraction of sp³-hybridized carbons (Fsp3) is 0.692. The summed E-state index contributed by atoms with van der Waals surface area (Å²) in [7, 11) is 1.65. The number of hydrogen-bond donors (Lipinski definition) is 2. The van der Waals surface area contributed by atoms with Crippen molar-refractivity contribution in [3.05, 3.63) is 12.3 Å². The molecule has 20 heavy (non-hydrogen) atoms. The highest BCUT2D eigenvalue weighted by Crippen LogP contribution is 2.24. The fourth-order valence-corrected chi connectivity index (χ4v) is 2.43. The summed E-state index contributed by atoms with van der Waals surface area (Å²) < 4.78 is 6.74. The maximum Gasteiger partial charge on any atom is 0.228 e. The Labute approximate surface area is 125 Å². The number of nitrogens with zero attached hydrogens (tertiary/aromatic N) is 2. The minimum absolute atomic E-state index is 0. The van der Waals surface area contributed by atoms with Gasteiger partial charge in [0, 0.05) is 31.3 Å². The third kappa shape index (κ3) is 4.77. The zero-order chi connectivity index (χ0) is 13.7. The zero-order valence-corrected chi connectivity index (χ0v) is 12.6. The van der Waals surface area contributed by atoms with Crippen LogP contribution in [0.2, 0.25) is 0 Å². The van der Waals surface area contributed by atoms with Gasteiger partial charge in [-0.3, -0.25) is 9.48 Å². The molecule has 0 aliphatic heterocycles. The van der Waals surface area contributed by atoms with Crippen LogP contribution < -0.4 is 11.1 Å². The minimum Gasteiger partial charge on any atom is -0.383 e. The van der Waals surface area contributed by atoms with Crippen molar-refractivity contribution in [1.82, 2.24) is 9.78 Å². The molecule has 1 aromatic heterocycles. The van der Waals surface area contributed by atoms with Gasteiger partial charge in [0.2, 0.25) is 5.91 Å². The van der Waals surface area contributed by atoms with Crippen LogP contribution in [-0.2, 0) is 16.1 Å². The maximum absolute atomic E-state index is 12.1. The Balaban J connectivity index is 0.00000200. The largest absolute Gasteiger partial charge is 0.383 e. The molecular weight excluding hydrogens is 280 g/mol. The molecule has 1 fully saturated rings. The SMILES string of the molecule is COCCn1ccc(NC(=O)C2CCCC(N)C2)n1.Cl. The highest BCUT2D eigenvalue weighted by Gasteiger charge is 2.25. The number of carbonyl (C=O) groups is 1. The van der Waals surface area contributed by atoms with Crippen molar-refractivity contribution < 1.29 is 9.53 Å². The topological polar surface area (TPSA) is 82.2 Å². The molecule has 0 radical (unpaired) electrons. The van der Waals surface area contributed by atoms with E-state index in [1.54, 1.807) is 17.9 Å². The molecule has 3 N–H and O–H groups in total. The Kier molecular flexibility index (Phi) is 6.98. The number of rotatable bonds is 5. The van der Waals surface area contributed by atoms with Crippen molar-refractivity contribution in [2.24, 2.45) is 11.7 Å². The second kappa shape index (κ2) is 8.24. The van der Waals surface area contributed by atoms with Crippen LogP contribution in [-0.4, -0.2) is 35.4 Å². The molecule has 1 aliphatic rings. The van der Waals surface area contributed by atoms with Crippen LogP contribution in [0.3, 0.4) is 0 Å². The molecule has 1 amide bonds. The van der Waals surface area contributed by atoms with E-state index in [0.717, 1.165) is 25.7 Å². The molecule has 0 saturated heterocycles. The normalized spacial score (nSPS) is 22.1. The van der Waals surface area contributed by atoms with Crippen molar-refractivity contribution in [2.45, 2.75) is 38.3 Å². The molecule has 2 unspecified atom stereocenters. The number of methoxy groups -OCH3 is 1. The van der Waals surface area contributed by atoms with E-state index in [2.05, 4.69) is 10.4 Å². The molecular formula is C13H23ClN4O2. The molecule has 1 aromatic rings. The lowest BCUT2D eigenvalue weighted by Crippen LogP contribution is -2.34. The number of ether oxygens (including phenoxy) is 1. The summed E-state index contributed by atoms with van der Waals surface area (Å²) in [6, 6.07) is 1.96. The molecule has 0 spiro atoms. The van der Waals surface area contributed by atoms with Crippen LogP contribution in [0.4, 0.5) is 5.82 Å². The maximum atomic E-state index is 12.1. The van der Waals surface area contributed by atoms with E-state index in [1.807, 2.05) is 6.20 Å². The summed E-state index contributed by atoms with van der Waals surface area (Å²) in [5.41, 5.74) is 5.90. The summed E-state index contributed by atoms with van der Waals surface area (Å²) in [6.45, 7) is 1.28. The third-order valence-corrected chi connectivity index (χ3v) is 3.50. The van der Waals surface area contributed by atoms with Gasteiger partial charge >= 0.3 is 0 Å². The van der Waals surface area contributed by atoms with Crippen molar-refractivity contribution in [2.75, 3.05) is 19.0 Å². The lowest BCUT2D eigenvalue weighted by atomic mass is 9.85. The predicted molar refractivity (Wildman–Crippen MR) is 79.9 cm³/mol. The molecule has 1 aliphatic carbocycles. The van der Waals surface area contributed by atoms with Crippen LogP contribution in [0, 0.1) is 5.92 Å². The lowest BCUT2D eigenvalue weighted by molar-refractivity contribution is -0.120. The predicted octanol–water partition coefficient (Wildman–Crippen LogP) is 1.41. The number of nitrogens with two attached hydrogens (primary N) is 1. The van der Waals surface area contributed by atoms with Crippen LogP contribution >= 0.6 is 12.4 Å². The molecule has 1 saturated carbocycles. The molecule has 114 valence electrons. The first kappa shape index (κ1) is 16.9. The average molecular weight is 303 g/mol. The molecule has 2 atom stereocenters. The van der Waals surface area contributed by atoms with E-state index in [9.17, 15) is 4.79 Å². The minimum atomic E-state index is 0. The summed E-state index contributed by atoms with van der Waals surface area (Å²) >= 11 is 0. The van der Waals surface area contributed by atoms with Gasteiger partial charge in [0.05, 0.1) is 13.2 Å². The van der Waals surface area contributed by atoms with Gasteiger partial charge in [0.25, 0.3) is 0 Å². The van der Waals surface area contributed by atoms with Crippen molar-refractivity contribution in [1.29, 1.82) is 0 Å². The fourth-order valence-electron chi connectivity index (χ4n) is 2.43. The number of aromatic nitrogens is 2. The van der Waals surface area contributed by atoms with Gasteiger partial charge in [-0.1, -0.05) is 6.42 Å². The van der Waals surface area contributed by atoms with Crippen LogP contribution in [0.15, 0.2) is 12.3 Å². The van der Waals surface area contributed by atoms with E-state index in [0.29, 0.717) is 19.0 Å². The number of nitrogens with one attached hydrogen (secondary N) is 1. The summed E-state index contributed by atoms with van der Waals surface area (Å²) in [6.07, 6.45) is 5.58. The smallest absolute Gasteiger partial charge is 0.228 e. The van der Waals surface area contributed by atoms with Gasteiger partial charge in [-0.25, -0.2) is 0 Å². The van der Waals surface area contributed by atoms with Crippen molar-refractivity contribution in [3.8, 4) is 0 Å². The van der Waals surface area contributed by atoms with E-state index in [4.69, 9.17) is 10.5 Å². The second-order valence-electron chi connectivity index (χ2n) is 5.07. The van der Waals surface area contributed by atoms with Gasteiger partial charge in [-0.2, -0.15) is 5.10 Å². The van der Waals surface area contributed by atoms with E-state index in [1.165, 1.54) is 0 Å². The van der Waals surface area contributed by atoms with Crippen LogP contribution in [0.25, 0.3) is 0 Å². The van der Waals surface area contributed by atoms with Crippen molar-refractivity contribution in [3.63, 3.8) is 0 Å². The standard InChI is InChI=1S/C13H22N4O2.ClH/c1-19-8-7-17-6-5-12(16-17)15-13(18)10-3-2-4-11(14)9-10;/h5-6,10-11H,2-4,7-9,14H2,1H3,(H,15,16,18);1H. The van der Waals surface area contributed by atoms with Gasteiger partial charge < -0.3 is 15.8 Å². The third-order valence-electron chi connectivity index (χ3n) is 3.50. The van der Waals surface area contributed by atoms with Gasteiger partial charge in [-0.15, -0.1) is 12.4 Å². The number of amides is 1. The highest BCUT2D eigenvalue weighted by atomic mass is 35.5. The monoisotopic (exact) mass is 302 g/mol. The number of hydrogen-bond acceptors (Lipinski definition) is 4. The van der Waals surface area contributed by atoms with Crippen LogP contribution in [0.5, 0.6) is 0 Å². The Bertz CT molecular complexity index is 424.